The molecule has 134 valence electrons. The van der Waals surface area contributed by atoms with Gasteiger partial charge in [0.1, 0.15) is 0 Å². The lowest BCUT2D eigenvalue weighted by atomic mass is 9.90. The van der Waals surface area contributed by atoms with E-state index in [1.54, 1.807) is 6.20 Å². The fraction of sp³-hybridized carbons (Fsp3) is 0.421. The molecular formula is C19H25N3O3. The molecule has 1 aromatic heterocycles. The van der Waals surface area contributed by atoms with E-state index >= 15 is 0 Å². The predicted octanol–water partition coefficient (Wildman–Crippen LogP) is 3.26. The van der Waals surface area contributed by atoms with Crippen molar-refractivity contribution >= 4 is 11.9 Å². The van der Waals surface area contributed by atoms with Crippen molar-refractivity contribution in [3.63, 3.8) is 0 Å². The number of nitrogens with one attached hydrogen (secondary N) is 1. The molecule has 0 spiro atoms. The van der Waals surface area contributed by atoms with Gasteiger partial charge in [-0.25, -0.2) is 9.48 Å². The summed E-state index contributed by atoms with van der Waals surface area (Å²) in [6, 6.07) is 8.97. The molecule has 2 rings (SSSR count). The minimum Gasteiger partial charge on any atom is -0.476 e. The number of carboxylic acid groups (broad SMARTS) is 1. The molecule has 25 heavy (non-hydrogen) atoms. The summed E-state index contributed by atoms with van der Waals surface area (Å²) in [4.78, 5) is 23.1. The SMILES string of the molecule is CCC(CC(=O)NCc1cccc(-n2ccc(C(=O)O)n2)c1)C(C)C. The largest absolute Gasteiger partial charge is 0.476 e. The van der Waals surface area contributed by atoms with Crippen LogP contribution in [-0.2, 0) is 11.3 Å². The molecule has 2 N–H and O–H groups in total. The number of hydrogen-bond donors (Lipinski definition) is 2. The summed E-state index contributed by atoms with van der Waals surface area (Å²) < 4.78 is 1.51. The molecule has 1 unspecified atom stereocenters. The molecule has 6 heteroatoms. The van der Waals surface area contributed by atoms with Gasteiger partial charge in [-0.3, -0.25) is 4.79 Å². The Balaban J connectivity index is 1.99. The van der Waals surface area contributed by atoms with Crippen molar-refractivity contribution in [2.75, 3.05) is 0 Å². The van der Waals surface area contributed by atoms with Crippen LogP contribution < -0.4 is 5.32 Å². The summed E-state index contributed by atoms with van der Waals surface area (Å²) in [5.74, 6) is -0.122. The van der Waals surface area contributed by atoms with Gasteiger partial charge in [0.05, 0.1) is 5.69 Å². The van der Waals surface area contributed by atoms with Crippen molar-refractivity contribution < 1.29 is 14.7 Å². The van der Waals surface area contributed by atoms with E-state index in [-0.39, 0.29) is 11.6 Å². The van der Waals surface area contributed by atoms with Crippen molar-refractivity contribution in [3.8, 4) is 5.69 Å². The Morgan fingerprint density at radius 1 is 1.28 bits per heavy atom. The van der Waals surface area contributed by atoms with Crippen molar-refractivity contribution in [1.82, 2.24) is 15.1 Å². The van der Waals surface area contributed by atoms with Gasteiger partial charge in [-0.05, 0) is 35.6 Å². The minimum absolute atomic E-state index is 0.00185. The third kappa shape index (κ3) is 5.17. The first-order valence-electron chi connectivity index (χ1n) is 8.55. The first kappa shape index (κ1) is 18.7. The number of aromatic carboxylic acids is 1. The highest BCUT2D eigenvalue weighted by atomic mass is 16.4. The number of carbonyl (C=O) groups is 2. The second kappa shape index (κ2) is 8.46. The van der Waals surface area contributed by atoms with Crippen molar-refractivity contribution in [3.05, 3.63) is 47.8 Å². The molecule has 1 aromatic carbocycles. The van der Waals surface area contributed by atoms with E-state index in [0.717, 1.165) is 17.7 Å². The molecule has 0 saturated heterocycles. The second-order valence-electron chi connectivity index (χ2n) is 6.51. The van der Waals surface area contributed by atoms with E-state index in [4.69, 9.17) is 5.11 Å². The molecule has 0 aliphatic heterocycles. The molecule has 6 nitrogen and oxygen atoms in total. The number of rotatable bonds is 8. The summed E-state index contributed by atoms with van der Waals surface area (Å²) in [6.07, 6.45) is 3.14. The van der Waals surface area contributed by atoms with Gasteiger partial charge in [-0.15, -0.1) is 0 Å². The fourth-order valence-corrected chi connectivity index (χ4v) is 2.75. The summed E-state index contributed by atoms with van der Waals surface area (Å²) >= 11 is 0. The van der Waals surface area contributed by atoms with E-state index in [1.165, 1.54) is 10.7 Å². The van der Waals surface area contributed by atoms with Crippen LogP contribution in [0, 0.1) is 11.8 Å². The molecular weight excluding hydrogens is 318 g/mol. The zero-order valence-corrected chi connectivity index (χ0v) is 14.9. The number of benzene rings is 1. The van der Waals surface area contributed by atoms with Gasteiger partial charge in [0.25, 0.3) is 0 Å². The molecule has 1 atom stereocenters. The van der Waals surface area contributed by atoms with E-state index < -0.39 is 5.97 Å². The topological polar surface area (TPSA) is 84.2 Å². The van der Waals surface area contributed by atoms with E-state index in [2.05, 4.69) is 31.2 Å². The Bertz CT molecular complexity index is 737. The molecule has 0 bridgehead atoms. The molecule has 0 saturated carbocycles. The van der Waals surface area contributed by atoms with Crippen LogP contribution in [-0.4, -0.2) is 26.8 Å². The first-order valence-corrected chi connectivity index (χ1v) is 8.55. The molecule has 0 fully saturated rings. The van der Waals surface area contributed by atoms with E-state index in [0.29, 0.717) is 24.8 Å². The smallest absolute Gasteiger partial charge is 0.356 e. The summed E-state index contributed by atoms with van der Waals surface area (Å²) in [6.45, 7) is 6.83. The Hall–Kier alpha value is -2.63. The van der Waals surface area contributed by atoms with Gasteiger partial charge < -0.3 is 10.4 Å². The number of amides is 1. The molecule has 2 aromatic rings. The maximum Gasteiger partial charge on any atom is 0.356 e. The van der Waals surface area contributed by atoms with Crippen LogP contribution in [0.3, 0.4) is 0 Å². The Labute approximate surface area is 147 Å². The Morgan fingerprint density at radius 2 is 2.04 bits per heavy atom. The van der Waals surface area contributed by atoms with Gasteiger partial charge in [0.15, 0.2) is 5.69 Å². The van der Waals surface area contributed by atoms with Gasteiger partial charge in [-0.2, -0.15) is 5.10 Å². The molecule has 1 heterocycles. The van der Waals surface area contributed by atoms with Crippen LogP contribution in [0.1, 0.15) is 49.7 Å². The average molecular weight is 343 g/mol. The number of aromatic nitrogens is 2. The second-order valence-corrected chi connectivity index (χ2v) is 6.51. The third-order valence-corrected chi connectivity index (χ3v) is 4.39. The molecule has 0 aliphatic rings. The van der Waals surface area contributed by atoms with Crippen molar-refractivity contribution in [2.45, 2.75) is 40.2 Å². The van der Waals surface area contributed by atoms with Crippen molar-refractivity contribution in [2.24, 2.45) is 11.8 Å². The lowest BCUT2D eigenvalue weighted by molar-refractivity contribution is -0.122. The van der Waals surface area contributed by atoms with Gasteiger partial charge >= 0.3 is 5.97 Å². The van der Waals surface area contributed by atoms with Gasteiger partial charge in [0.2, 0.25) is 5.91 Å². The standard InChI is InChI=1S/C19H25N3O3/c1-4-15(13(2)3)11-18(23)20-12-14-6-5-7-16(10-14)22-9-8-17(21-22)19(24)25/h5-10,13,15H,4,11-12H2,1-3H3,(H,20,23)(H,24,25). The lowest BCUT2D eigenvalue weighted by Gasteiger charge is -2.18. The molecule has 0 aliphatic carbocycles. The highest BCUT2D eigenvalue weighted by molar-refractivity contribution is 5.85. The number of nitrogens with zero attached hydrogens (tertiary/aromatic N) is 2. The molecule has 0 radical (unpaired) electrons. The van der Waals surface area contributed by atoms with Crippen LogP contribution in [0.4, 0.5) is 0 Å². The Morgan fingerprint density at radius 3 is 2.64 bits per heavy atom. The van der Waals surface area contributed by atoms with Crippen LogP contribution >= 0.6 is 0 Å². The van der Waals surface area contributed by atoms with Crippen molar-refractivity contribution in [1.29, 1.82) is 0 Å². The quantitative estimate of drug-likeness (QED) is 0.770. The van der Waals surface area contributed by atoms with Crippen LogP contribution in [0.15, 0.2) is 36.5 Å². The third-order valence-electron chi connectivity index (χ3n) is 4.39. The van der Waals surface area contributed by atoms with E-state index in [1.807, 2.05) is 24.3 Å². The minimum atomic E-state index is -1.06. The predicted molar refractivity (Wildman–Crippen MR) is 95.6 cm³/mol. The number of carbonyl (C=O) groups excluding carboxylic acids is 1. The highest BCUT2D eigenvalue weighted by Crippen LogP contribution is 2.18. The van der Waals surface area contributed by atoms with Crippen LogP contribution in [0.25, 0.3) is 5.69 Å². The van der Waals surface area contributed by atoms with E-state index in [9.17, 15) is 9.59 Å². The van der Waals surface area contributed by atoms with Gasteiger partial charge in [-0.1, -0.05) is 39.3 Å². The first-order chi connectivity index (χ1) is 11.9. The Kier molecular flexibility index (Phi) is 6.33. The highest BCUT2D eigenvalue weighted by Gasteiger charge is 2.15. The maximum atomic E-state index is 12.1. The molecule has 1 amide bonds. The summed E-state index contributed by atoms with van der Waals surface area (Å²) in [5, 5.41) is 15.9. The number of carboxylic acids is 1. The zero-order valence-electron chi connectivity index (χ0n) is 14.9. The summed E-state index contributed by atoms with van der Waals surface area (Å²) in [5.41, 5.74) is 1.70. The zero-order chi connectivity index (χ0) is 18.4. The van der Waals surface area contributed by atoms with Crippen LogP contribution in [0.5, 0.6) is 0 Å². The lowest BCUT2D eigenvalue weighted by Crippen LogP contribution is -2.26. The normalized spacial score (nSPS) is 12.2. The maximum absolute atomic E-state index is 12.1. The van der Waals surface area contributed by atoms with Crippen LogP contribution in [0.2, 0.25) is 0 Å². The van der Waals surface area contributed by atoms with Gasteiger partial charge in [0, 0.05) is 19.2 Å². The average Bonchev–Trinajstić information content (AvgIpc) is 3.08. The number of hydrogen-bond acceptors (Lipinski definition) is 3. The summed E-state index contributed by atoms with van der Waals surface area (Å²) in [7, 11) is 0. The fourth-order valence-electron chi connectivity index (χ4n) is 2.75. The monoisotopic (exact) mass is 343 g/mol.